The van der Waals surface area contributed by atoms with Gasteiger partial charge < -0.3 is 25.8 Å². The van der Waals surface area contributed by atoms with Gasteiger partial charge in [0.05, 0.1) is 0 Å². The highest BCUT2D eigenvalue weighted by Gasteiger charge is 2.18. The molecule has 0 aromatic heterocycles. The Morgan fingerprint density at radius 1 is 0.815 bits per heavy atom. The Morgan fingerprint density at radius 2 is 1.37 bits per heavy atom. The molecule has 0 radical (unpaired) electrons. The molecule has 1 heterocycles. The van der Waals surface area contributed by atoms with E-state index in [4.69, 9.17) is 0 Å². The van der Waals surface area contributed by atoms with E-state index in [-0.39, 0.29) is 17.9 Å². The molecule has 0 saturated carbocycles. The number of amides is 2. The Hall–Kier alpha value is -1.18. The standard InChI is InChI=1S/C20H41N5O2/c1-17(2)5-8-21-9-10-22-19(26)6-11-24-13-15-25(16-14-24)12-7-20(27)23-18(3)4/h17-18,21H,5-16H2,1-4H3,(H,22,26)(H,23,27). The summed E-state index contributed by atoms with van der Waals surface area (Å²) in [5.41, 5.74) is 0. The van der Waals surface area contributed by atoms with Crippen LogP contribution in [0.5, 0.6) is 0 Å². The van der Waals surface area contributed by atoms with Gasteiger partial charge in [-0.15, -0.1) is 0 Å². The first-order chi connectivity index (χ1) is 12.9. The minimum Gasteiger partial charge on any atom is -0.355 e. The van der Waals surface area contributed by atoms with Crippen LogP contribution >= 0.6 is 0 Å². The molecule has 0 unspecified atom stereocenters. The summed E-state index contributed by atoms with van der Waals surface area (Å²) >= 11 is 0. The molecule has 7 heteroatoms. The Balaban J connectivity index is 2.01. The predicted octanol–water partition coefficient (Wildman–Crippen LogP) is 0.661. The minimum absolute atomic E-state index is 0.128. The van der Waals surface area contributed by atoms with Crippen molar-refractivity contribution in [1.29, 1.82) is 0 Å². The zero-order valence-electron chi connectivity index (χ0n) is 17.9. The maximum Gasteiger partial charge on any atom is 0.221 e. The summed E-state index contributed by atoms with van der Waals surface area (Å²) in [6, 6.07) is 0.205. The highest BCUT2D eigenvalue weighted by molar-refractivity contribution is 5.76. The second-order valence-corrected chi connectivity index (χ2v) is 8.19. The van der Waals surface area contributed by atoms with Gasteiger partial charge in [0, 0.05) is 71.2 Å². The van der Waals surface area contributed by atoms with Gasteiger partial charge in [-0.3, -0.25) is 9.59 Å². The largest absolute Gasteiger partial charge is 0.355 e. The number of rotatable bonds is 13. The van der Waals surface area contributed by atoms with E-state index < -0.39 is 0 Å². The second kappa shape index (κ2) is 13.9. The van der Waals surface area contributed by atoms with Crippen molar-refractivity contribution in [3.63, 3.8) is 0 Å². The molecule has 0 aromatic rings. The van der Waals surface area contributed by atoms with E-state index in [1.54, 1.807) is 0 Å². The molecule has 7 nitrogen and oxygen atoms in total. The van der Waals surface area contributed by atoms with Gasteiger partial charge in [-0.2, -0.15) is 0 Å². The summed E-state index contributed by atoms with van der Waals surface area (Å²) in [5.74, 6) is 0.973. The van der Waals surface area contributed by atoms with Crippen molar-refractivity contribution >= 4 is 11.8 Å². The number of piperazine rings is 1. The molecule has 1 saturated heterocycles. The predicted molar refractivity (Wildman–Crippen MR) is 111 cm³/mol. The van der Waals surface area contributed by atoms with Gasteiger partial charge in [-0.05, 0) is 32.7 Å². The maximum absolute atomic E-state index is 11.9. The Labute approximate surface area is 165 Å². The molecule has 3 N–H and O–H groups in total. The number of nitrogens with zero attached hydrogens (tertiary/aromatic N) is 2. The van der Waals surface area contributed by atoms with Gasteiger partial charge in [0.15, 0.2) is 0 Å². The zero-order valence-corrected chi connectivity index (χ0v) is 17.9. The first-order valence-electron chi connectivity index (χ1n) is 10.6. The van der Waals surface area contributed by atoms with Crippen LogP contribution in [0.2, 0.25) is 0 Å². The molecule has 158 valence electrons. The fourth-order valence-corrected chi connectivity index (χ4v) is 3.04. The molecule has 0 bridgehead atoms. The van der Waals surface area contributed by atoms with Crippen molar-refractivity contribution in [3.8, 4) is 0 Å². The highest BCUT2D eigenvalue weighted by atomic mass is 16.2. The summed E-state index contributed by atoms with van der Waals surface area (Å²) in [5, 5.41) is 9.27. The van der Waals surface area contributed by atoms with E-state index in [2.05, 4.69) is 39.6 Å². The fraction of sp³-hybridized carbons (Fsp3) is 0.900. The first kappa shape index (κ1) is 23.9. The summed E-state index contributed by atoms with van der Waals surface area (Å²) in [4.78, 5) is 28.3. The van der Waals surface area contributed by atoms with Gasteiger partial charge in [-0.25, -0.2) is 0 Å². The van der Waals surface area contributed by atoms with Gasteiger partial charge in [-0.1, -0.05) is 13.8 Å². The smallest absolute Gasteiger partial charge is 0.221 e. The van der Waals surface area contributed by atoms with Crippen LogP contribution in [0, 0.1) is 5.92 Å². The molecule has 1 rings (SSSR count). The van der Waals surface area contributed by atoms with E-state index in [0.29, 0.717) is 25.3 Å². The van der Waals surface area contributed by atoms with E-state index in [0.717, 1.165) is 52.4 Å². The Bertz CT molecular complexity index is 421. The molecule has 1 aliphatic heterocycles. The van der Waals surface area contributed by atoms with Crippen LogP contribution < -0.4 is 16.0 Å². The average Bonchev–Trinajstić information content (AvgIpc) is 2.61. The van der Waals surface area contributed by atoms with Crippen molar-refractivity contribution in [2.75, 3.05) is 58.9 Å². The fourth-order valence-electron chi connectivity index (χ4n) is 3.04. The van der Waals surface area contributed by atoms with Crippen molar-refractivity contribution in [2.45, 2.75) is 53.0 Å². The van der Waals surface area contributed by atoms with Gasteiger partial charge in [0.2, 0.25) is 11.8 Å². The van der Waals surface area contributed by atoms with Crippen molar-refractivity contribution in [3.05, 3.63) is 0 Å². The number of carbonyl (C=O) groups excluding carboxylic acids is 2. The van der Waals surface area contributed by atoms with Crippen LogP contribution in [-0.4, -0.2) is 86.6 Å². The summed E-state index contributed by atoms with van der Waals surface area (Å²) in [6.45, 7) is 16.4. The summed E-state index contributed by atoms with van der Waals surface area (Å²) < 4.78 is 0. The SMILES string of the molecule is CC(C)CCNCCNC(=O)CCN1CCN(CCC(=O)NC(C)C)CC1. The Morgan fingerprint density at radius 3 is 1.89 bits per heavy atom. The third kappa shape index (κ3) is 12.8. The van der Waals surface area contributed by atoms with Crippen LogP contribution in [0.25, 0.3) is 0 Å². The third-order valence-electron chi connectivity index (χ3n) is 4.75. The van der Waals surface area contributed by atoms with Crippen LogP contribution in [0.3, 0.4) is 0 Å². The van der Waals surface area contributed by atoms with Crippen molar-refractivity contribution < 1.29 is 9.59 Å². The van der Waals surface area contributed by atoms with Gasteiger partial charge in [0.1, 0.15) is 0 Å². The lowest BCUT2D eigenvalue weighted by Gasteiger charge is -2.34. The third-order valence-corrected chi connectivity index (χ3v) is 4.75. The average molecular weight is 384 g/mol. The topological polar surface area (TPSA) is 76.7 Å². The van der Waals surface area contributed by atoms with E-state index in [1.165, 1.54) is 6.42 Å². The van der Waals surface area contributed by atoms with E-state index in [9.17, 15) is 9.59 Å². The summed E-state index contributed by atoms with van der Waals surface area (Å²) in [6.07, 6.45) is 2.29. The van der Waals surface area contributed by atoms with E-state index >= 15 is 0 Å². The lowest BCUT2D eigenvalue weighted by atomic mass is 10.1. The lowest BCUT2D eigenvalue weighted by molar-refractivity contribution is -0.123. The molecular formula is C20H41N5O2. The van der Waals surface area contributed by atoms with Gasteiger partial charge in [0.25, 0.3) is 0 Å². The zero-order chi connectivity index (χ0) is 20.1. The molecule has 0 atom stereocenters. The van der Waals surface area contributed by atoms with Crippen LogP contribution in [-0.2, 0) is 9.59 Å². The molecule has 0 aromatic carbocycles. The molecule has 1 aliphatic rings. The molecule has 2 amide bonds. The second-order valence-electron chi connectivity index (χ2n) is 8.19. The number of hydrogen-bond donors (Lipinski definition) is 3. The van der Waals surface area contributed by atoms with Crippen LogP contribution in [0.1, 0.15) is 47.0 Å². The van der Waals surface area contributed by atoms with Crippen molar-refractivity contribution in [2.24, 2.45) is 5.92 Å². The lowest BCUT2D eigenvalue weighted by Crippen LogP contribution is -2.48. The van der Waals surface area contributed by atoms with Crippen molar-refractivity contribution in [1.82, 2.24) is 25.8 Å². The Kier molecular flexibility index (Phi) is 12.3. The molecule has 1 fully saturated rings. The van der Waals surface area contributed by atoms with Gasteiger partial charge >= 0.3 is 0 Å². The minimum atomic E-state index is 0.128. The monoisotopic (exact) mass is 383 g/mol. The van der Waals surface area contributed by atoms with E-state index in [1.807, 2.05) is 13.8 Å². The highest BCUT2D eigenvalue weighted by Crippen LogP contribution is 2.03. The normalized spacial score (nSPS) is 16.1. The number of nitrogens with one attached hydrogen (secondary N) is 3. The van der Waals surface area contributed by atoms with Crippen LogP contribution in [0.4, 0.5) is 0 Å². The molecular weight excluding hydrogens is 342 g/mol. The molecule has 27 heavy (non-hydrogen) atoms. The molecule has 0 aliphatic carbocycles. The van der Waals surface area contributed by atoms with Crippen LogP contribution in [0.15, 0.2) is 0 Å². The number of hydrogen-bond acceptors (Lipinski definition) is 5. The summed E-state index contributed by atoms with van der Waals surface area (Å²) in [7, 11) is 0. The number of carbonyl (C=O) groups is 2. The first-order valence-corrected chi connectivity index (χ1v) is 10.6. The quantitative estimate of drug-likeness (QED) is 0.407. The maximum atomic E-state index is 11.9. The molecule has 0 spiro atoms.